The van der Waals surface area contributed by atoms with Crippen molar-refractivity contribution >= 4 is 23.4 Å². The molecule has 2 aromatic heterocycles. The molecule has 0 atom stereocenters. The molecule has 0 spiro atoms. The molecule has 0 N–H and O–H groups in total. The SMILES string of the molecule is Cn1cnnc1Sc1ccc(C(=O)N(CCC#N)Cc2ccco2)cc1[N+](=O)[O-]. The number of aromatic nitrogens is 3. The van der Waals surface area contributed by atoms with Gasteiger partial charge in [-0.3, -0.25) is 14.9 Å². The van der Waals surface area contributed by atoms with Crippen LogP contribution in [0.15, 0.2) is 57.4 Å². The number of carbonyl (C=O) groups excluding carboxylic acids is 1. The second kappa shape index (κ2) is 9.03. The van der Waals surface area contributed by atoms with Crippen molar-refractivity contribution in [3.63, 3.8) is 0 Å². The molecule has 3 aromatic rings. The topological polar surface area (TPSA) is 131 Å². The Kier molecular flexibility index (Phi) is 6.25. The van der Waals surface area contributed by atoms with E-state index in [0.29, 0.717) is 15.8 Å². The van der Waals surface area contributed by atoms with E-state index in [9.17, 15) is 14.9 Å². The van der Waals surface area contributed by atoms with E-state index in [4.69, 9.17) is 9.68 Å². The summed E-state index contributed by atoms with van der Waals surface area (Å²) in [6.45, 7) is 0.343. The molecular weight excluding hydrogens is 396 g/mol. The first-order valence-electron chi connectivity index (χ1n) is 8.48. The number of furan rings is 1. The van der Waals surface area contributed by atoms with Crippen LogP contribution >= 0.6 is 11.8 Å². The zero-order valence-corrected chi connectivity index (χ0v) is 16.2. The molecular formula is C18H16N6O4S. The maximum absolute atomic E-state index is 13.0. The second-order valence-corrected chi connectivity index (χ2v) is 6.99. The molecule has 0 radical (unpaired) electrons. The van der Waals surface area contributed by atoms with E-state index >= 15 is 0 Å². The van der Waals surface area contributed by atoms with E-state index < -0.39 is 10.8 Å². The van der Waals surface area contributed by atoms with Gasteiger partial charge < -0.3 is 13.9 Å². The fourth-order valence-corrected chi connectivity index (χ4v) is 3.40. The van der Waals surface area contributed by atoms with Crippen molar-refractivity contribution in [2.24, 2.45) is 7.05 Å². The minimum Gasteiger partial charge on any atom is -0.467 e. The van der Waals surface area contributed by atoms with Crippen LogP contribution in [0.5, 0.6) is 0 Å². The smallest absolute Gasteiger partial charge is 0.284 e. The van der Waals surface area contributed by atoms with Crippen molar-refractivity contribution in [1.29, 1.82) is 5.26 Å². The third-order valence-electron chi connectivity index (χ3n) is 3.98. The van der Waals surface area contributed by atoms with Crippen molar-refractivity contribution in [3.8, 4) is 6.07 Å². The fourth-order valence-electron chi connectivity index (χ4n) is 2.55. The van der Waals surface area contributed by atoms with Crippen LogP contribution in [0.2, 0.25) is 0 Å². The summed E-state index contributed by atoms with van der Waals surface area (Å²) in [7, 11) is 1.73. The molecule has 11 heteroatoms. The van der Waals surface area contributed by atoms with Crippen molar-refractivity contribution in [1.82, 2.24) is 19.7 Å². The van der Waals surface area contributed by atoms with Crippen molar-refractivity contribution in [2.45, 2.75) is 23.0 Å². The summed E-state index contributed by atoms with van der Waals surface area (Å²) in [4.78, 5) is 25.8. The van der Waals surface area contributed by atoms with E-state index in [0.717, 1.165) is 11.8 Å². The number of aryl methyl sites for hydroxylation is 1. The minimum absolute atomic E-state index is 0.134. The molecule has 1 aromatic carbocycles. The van der Waals surface area contributed by atoms with Crippen molar-refractivity contribution in [3.05, 3.63) is 64.4 Å². The Bertz CT molecular complexity index is 1060. The summed E-state index contributed by atoms with van der Waals surface area (Å²) < 4.78 is 6.92. The zero-order valence-electron chi connectivity index (χ0n) is 15.4. The summed E-state index contributed by atoms with van der Waals surface area (Å²) in [6, 6.07) is 9.70. The van der Waals surface area contributed by atoms with Gasteiger partial charge in [0.05, 0.1) is 35.1 Å². The standard InChI is InChI=1S/C18H16N6O4S/c1-22-12-20-21-18(22)29-16-6-5-13(10-15(16)24(26)27)17(25)23(8-3-7-19)11-14-4-2-9-28-14/h2,4-6,9-10,12H,3,8,11H2,1H3. The summed E-state index contributed by atoms with van der Waals surface area (Å²) in [5, 5.41) is 28.6. The number of benzene rings is 1. The second-order valence-electron chi connectivity index (χ2n) is 5.98. The zero-order chi connectivity index (χ0) is 20.8. The van der Waals surface area contributed by atoms with Crippen LogP contribution in [0.3, 0.4) is 0 Å². The maximum Gasteiger partial charge on any atom is 0.284 e. The lowest BCUT2D eigenvalue weighted by Crippen LogP contribution is -2.31. The van der Waals surface area contributed by atoms with Crippen LogP contribution in [0.4, 0.5) is 5.69 Å². The average Bonchev–Trinajstić information content (AvgIpc) is 3.36. The molecule has 29 heavy (non-hydrogen) atoms. The fraction of sp³-hybridized carbons (Fsp3) is 0.222. The molecule has 148 valence electrons. The predicted octanol–water partition coefficient (Wildman–Crippen LogP) is 3.02. The number of nitrogens with zero attached hydrogens (tertiary/aromatic N) is 6. The summed E-state index contributed by atoms with van der Waals surface area (Å²) in [6.07, 6.45) is 3.12. The highest BCUT2D eigenvalue weighted by Gasteiger charge is 2.23. The van der Waals surface area contributed by atoms with Gasteiger partial charge in [-0.1, -0.05) is 0 Å². The molecule has 1 amide bonds. The van der Waals surface area contributed by atoms with Gasteiger partial charge in [-0.15, -0.1) is 10.2 Å². The van der Waals surface area contributed by atoms with E-state index in [1.807, 2.05) is 6.07 Å². The Hall–Kier alpha value is -3.65. The first-order chi connectivity index (χ1) is 14.0. The van der Waals surface area contributed by atoms with Gasteiger partial charge in [0.2, 0.25) is 0 Å². The minimum atomic E-state index is -0.540. The van der Waals surface area contributed by atoms with Crippen LogP contribution in [0.25, 0.3) is 0 Å². The van der Waals surface area contributed by atoms with Gasteiger partial charge in [0.15, 0.2) is 5.16 Å². The molecule has 0 aliphatic heterocycles. The number of nitro benzene ring substituents is 1. The largest absolute Gasteiger partial charge is 0.467 e. The molecule has 2 heterocycles. The predicted molar refractivity (Wildman–Crippen MR) is 102 cm³/mol. The van der Waals surface area contributed by atoms with Crippen molar-refractivity contribution < 1.29 is 14.1 Å². The molecule has 0 aliphatic carbocycles. The molecule has 10 nitrogen and oxygen atoms in total. The normalized spacial score (nSPS) is 10.5. The van der Waals surface area contributed by atoms with Crippen LogP contribution in [0, 0.1) is 21.4 Å². The Labute approximate surface area is 169 Å². The van der Waals surface area contributed by atoms with E-state index in [1.54, 1.807) is 23.7 Å². The van der Waals surface area contributed by atoms with E-state index in [-0.39, 0.29) is 30.8 Å². The lowest BCUT2D eigenvalue weighted by Gasteiger charge is -2.20. The molecule has 0 aliphatic rings. The Morgan fingerprint density at radius 1 is 1.45 bits per heavy atom. The molecule has 0 saturated heterocycles. The number of carbonyl (C=O) groups is 1. The molecule has 0 fully saturated rings. The quantitative estimate of drug-likeness (QED) is 0.407. The van der Waals surface area contributed by atoms with Crippen LogP contribution < -0.4 is 0 Å². The van der Waals surface area contributed by atoms with Gasteiger partial charge in [-0.25, -0.2) is 0 Å². The highest BCUT2D eigenvalue weighted by atomic mass is 32.2. The van der Waals surface area contributed by atoms with Crippen LogP contribution in [0.1, 0.15) is 22.5 Å². The highest BCUT2D eigenvalue weighted by Crippen LogP contribution is 2.34. The average molecular weight is 412 g/mol. The lowest BCUT2D eigenvalue weighted by atomic mass is 10.1. The van der Waals surface area contributed by atoms with Gasteiger partial charge in [-0.2, -0.15) is 5.26 Å². The Morgan fingerprint density at radius 2 is 2.28 bits per heavy atom. The van der Waals surface area contributed by atoms with E-state index in [2.05, 4.69) is 10.2 Å². The summed E-state index contributed by atoms with van der Waals surface area (Å²) in [5.41, 5.74) is -0.0504. The maximum atomic E-state index is 13.0. The van der Waals surface area contributed by atoms with E-state index in [1.165, 1.54) is 35.7 Å². The highest BCUT2D eigenvalue weighted by molar-refractivity contribution is 7.99. The molecule has 0 bridgehead atoms. The van der Waals surface area contributed by atoms with Crippen molar-refractivity contribution in [2.75, 3.05) is 6.54 Å². The lowest BCUT2D eigenvalue weighted by molar-refractivity contribution is -0.387. The van der Waals surface area contributed by atoms with Gasteiger partial charge >= 0.3 is 0 Å². The van der Waals surface area contributed by atoms with Gasteiger partial charge in [-0.05, 0) is 36.0 Å². The van der Waals surface area contributed by atoms with Crippen LogP contribution in [-0.2, 0) is 13.6 Å². The van der Waals surface area contributed by atoms with Gasteiger partial charge in [0.25, 0.3) is 11.6 Å². The third kappa shape index (κ3) is 4.80. The number of nitriles is 1. The van der Waals surface area contributed by atoms with Gasteiger partial charge in [0.1, 0.15) is 12.1 Å². The number of rotatable bonds is 8. The Morgan fingerprint density at radius 3 is 2.90 bits per heavy atom. The van der Waals surface area contributed by atoms with Gasteiger partial charge in [0, 0.05) is 25.2 Å². The Balaban J connectivity index is 1.88. The molecule has 0 saturated carbocycles. The summed E-state index contributed by atoms with van der Waals surface area (Å²) >= 11 is 1.09. The first kappa shape index (κ1) is 20.1. The monoisotopic (exact) mass is 412 g/mol. The number of hydrogen-bond acceptors (Lipinski definition) is 8. The molecule has 3 rings (SSSR count). The summed E-state index contributed by atoms with van der Waals surface area (Å²) in [5.74, 6) is 0.134. The molecule has 0 unspecified atom stereocenters. The third-order valence-corrected chi connectivity index (χ3v) is 5.10. The van der Waals surface area contributed by atoms with Crippen LogP contribution in [-0.4, -0.2) is 37.0 Å². The number of amides is 1. The number of hydrogen-bond donors (Lipinski definition) is 0. The first-order valence-corrected chi connectivity index (χ1v) is 9.30. The number of nitro groups is 1.